The van der Waals surface area contributed by atoms with E-state index in [0.29, 0.717) is 11.3 Å². The van der Waals surface area contributed by atoms with Gasteiger partial charge in [-0.15, -0.1) is 0 Å². The van der Waals surface area contributed by atoms with Gasteiger partial charge in [0.25, 0.3) is 5.91 Å². The van der Waals surface area contributed by atoms with Crippen LogP contribution in [-0.2, 0) is 9.59 Å². The van der Waals surface area contributed by atoms with Gasteiger partial charge in [-0.05, 0) is 66.7 Å². The standard InChI is InChI=1S/C19H17BrFN3O3S/c1-12-10-14(20)5-8-16(12)27-11-18(26)23-24-19(28)22-17(25)9-4-13-2-6-15(21)7-3-13/h2-10H,11H2,1H3,(H,23,26)(H2,22,24,25,28). The minimum Gasteiger partial charge on any atom is -0.483 e. The summed E-state index contributed by atoms with van der Waals surface area (Å²) in [5.74, 6) is -0.749. The Balaban J connectivity index is 1.71. The van der Waals surface area contributed by atoms with Gasteiger partial charge < -0.3 is 4.74 Å². The van der Waals surface area contributed by atoms with Crippen molar-refractivity contribution in [3.05, 3.63) is 70.0 Å². The fourth-order valence-corrected chi connectivity index (χ4v) is 2.64. The van der Waals surface area contributed by atoms with Crippen LogP contribution in [0.15, 0.2) is 53.0 Å². The first-order valence-electron chi connectivity index (χ1n) is 8.06. The SMILES string of the molecule is Cc1cc(Br)ccc1OCC(=O)NNC(=S)NC(=O)C=Cc1ccc(F)cc1. The minimum atomic E-state index is -0.502. The predicted octanol–water partition coefficient (Wildman–Crippen LogP) is 3.01. The first-order valence-corrected chi connectivity index (χ1v) is 9.26. The van der Waals surface area contributed by atoms with Gasteiger partial charge in [-0.25, -0.2) is 4.39 Å². The van der Waals surface area contributed by atoms with Crippen LogP contribution >= 0.6 is 28.1 Å². The Morgan fingerprint density at radius 3 is 2.57 bits per heavy atom. The molecule has 3 N–H and O–H groups in total. The first-order chi connectivity index (χ1) is 13.3. The molecule has 0 bridgehead atoms. The van der Waals surface area contributed by atoms with Crippen LogP contribution in [0, 0.1) is 12.7 Å². The summed E-state index contributed by atoms with van der Waals surface area (Å²) < 4.78 is 19.2. The van der Waals surface area contributed by atoms with Crippen LogP contribution in [0.25, 0.3) is 6.08 Å². The zero-order valence-corrected chi connectivity index (χ0v) is 17.2. The summed E-state index contributed by atoms with van der Waals surface area (Å²) in [6.07, 6.45) is 2.74. The van der Waals surface area contributed by atoms with Crippen molar-refractivity contribution in [2.24, 2.45) is 0 Å². The molecule has 0 aromatic heterocycles. The minimum absolute atomic E-state index is 0.0815. The van der Waals surface area contributed by atoms with Crippen LogP contribution in [-0.4, -0.2) is 23.5 Å². The van der Waals surface area contributed by atoms with Gasteiger partial charge in [-0.3, -0.25) is 25.8 Å². The molecule has 0 aliphatic rings. The number of amides is 2. The maximum atomic E-state index is 12.8. The van der Waals surface area contributed by atoms with Gasteiger partial charge in [0.2, 0.25) is 5.91 Å². The summed E-state index contributed by atoms with van der Waals surface area (Å²) in [6.45, 7) is 1.64. The fourth-order valence-electron chi connectivity index (χ4n) is 2.01. The molecular weight excluding hydrogens is 449 g/mol. The Morgan fingerprint density at radius 1 is 1.18 bits per heavy atom. The molecule has 0 atom stereocenters. The third kappa shape index (κ3) is 7.45. The Bertz CT molecular complexity index is 904. The summed E-state index contributed by atoms with van der Waals surface area (Å²) in [4.78, 5) is 23.6. The van der Waals surface area contributed by atoms with E-state index in [9.17, 15) is 14.0 Å². The smallest absolute Gasteiger partial charge is 0.276 e. The molecule has 2 aromatic rings. The molecule has 0 spiro atoms. The van der Waals surface area contributed by atoms with Gasteiger partial charge in [0.15, 0.2) is 11.7 Å². The number of hydrogen-bond acceptors (Lipinski definition) is 4. The molecule has 0 aliphatic heterocycles. The van der Waals surface area contributed by atoms with Gasteiger partial charge in [0.1, 0.15) is 11.6 Å². The van der Waals surface area contributed by atoms with Gasteiger partial charge in [0.05, 0.1) is 0 Å². The molecule has 28 heavy (non-hydrogen) atoms. The number of carbonyl (C=O) groups is 2. The van der Waals surface area contributed by atoms with Crippen molar-refractivity contribution in [2.75, 3.05) is 6.61 Å². The molecule has 2 amide bonds. The highest BCUT2D eigenvalue weighted by atomic mass is 79.9. The molecule has 0 fully saturated rings. The highest BCUT2D eigenvalue weighted by Crippen LogP contribution is 2.21. The van der Waals surface area contributed by atoms with Crippen LogP contribution in [0.2, 0.25) is 0 Å². The molecule has 0 saturated heterocycles. The summed E-state index contributed by atoms with van der Waals surface area (Å²) in [6, 6.07) is 11.1. The molecule has 6 nitrogen and oxygen atoms in total. The second-order valence-electron chi connectivity index (χ2n) is 5.57. The summed E-state index contributed by atoms with van der Waals surface area (Å²) in [7, 11) is 0. The van der Waals surface area contributed by atoms with E-state index < -0.39 is 11.8 Å². The lowest BCUT2D eigenvalue weighted by Crippen LogP contribution is -2.49. The Labute approximate surface area is 175 Å². The molecule has 0 unspecified atom stereocenters. The number of carbonyl (C=O) groups excluding carboxylic acids is 2. The highest BCUT2D eigenvalue weighted by Gasteiger charge is 2.07. The van der Waals surface area contributed by atoms with Gasteiger partial charge in [-0.1, -0.05) is 28.1 Å². The summed E-state index contributed by atoms with van der Waals surface area (Å²) >= 11 is 8.27. The topological polar surface area (TPSA) is 79.5 Å². The second kappa shape index (κ2) is 10.5. The van der Waals surface area contributed by atoms with E-state index in [-0.39, 0.29) is 17.5 Å². The molecule has 146 valence electrons. The quantitative estimate of drug-likeness (QED) is 0.359. The van der Waals surface area contributed by atoms with Gasteiger partial charge in [0, 0.05) is 10.5 Å². The van der Waals surface area contributed by atoms with Crippen molar-refractivity contribution >= 4 is 51.2 Å². The van der Waals surface area contributed by atoms with Crippen molar-refractivity contribution in [3.8, 4) is 5.75 Å². The molecule has 0 radical (unpaired) electrons. The number of hydrogen-bond donors (Lipinski definition) is 3. The number of aryl methyl sites for hydroxylation is 1. The highest BCUT2D eigenvalue weighted by molar-refractivity contribution is 9.10. The van der Waals surface area contributed by atoms with Gasteiger partial charge in [-0.2, -0.15) is 0 Å². The number of halogens is 2. The maximum absolute atomic E-state index is 12.8. The van der Waals surface area contributed by atoms with E-state index >= 15 is 0 Å². The molecule has 2 aromatic carbocycles. The zero-order valence-electron chi connectivity index (χ0n) is 14.8. The summed E-state index contributed by atoms with van der Waals surface area (Å²) in [5, 5.41) is 2.28. The van der Waals surface area contributed by atoms with E-state index in [1.165, 1.54) is 36.4 Å². The normalized spacial score (nSPS) is 10.4. The van der Waals surface area contributed by atoms with Crippen LogP contribution in [0.5, 0.6) is 5.75 Å². The van der Waals surface area contributed by atoms with Crippen LogP contribution in [0.4, 0.5) is 4.39 Å². The van der Waals surface area contributed by atoms with E-state index in [2.05, 4.69) is 32.1 Å². The molecule has 9 heteroatoms. The van der Waals surface area contributed by atoms with Crippen LogP contribution in [0.1, 0.15) is 11.1 Å². The van der Waals surface area contributed by atoms with Gasteiger partial charge >= 0.3 is 0 Å². The lowest BCUT2D eigenvalue weighted by molar-refractivity contribution is -0.123. The average Bonchev–Trinajstić information content (AvgIpc) is 2.65. The lowest BCUT2D eigenvalue weighted by atomic mass is 10.2. The zero-order chi connectivity index (χ0) is 20.5. The van der Waals surface area contributed by atoms with Crippen molar-refractivity contribution in [1.29, 1.82) is 0 Å². The Kier molecular flexibility index (Phi) is 8.09. The number of thiocarbonyl (C=S) groups is 1. The number of ether oxygens (including phenoxy) is 1. The molecular formula is C19H17BrFN3O3S. The van der Waals surface area contributed by atoms with E-state index in [1.807, 2.05) is 19.1 Å². The van der Waals surface area contributed by atoms with Crippen molar-refractivity contribution in [1.82, 2.24) is 16.2 Å². The first kappa shape index (κ1) is 21.5. The lowest BCUT2D eigenvalue weighted by Gasteiger charge is -2.11. The number of rotatable bonds is 5. The maximum Gasteiger partial charge on any atom is 0.276 e. The largest absolute Gasteiger partial charge is 0.483 e. The molecule has 0 heterocycles. The third-order valence-corrected chi connectivity index (χ3v) is 4.04. The van der Waals surface area contributed by atoms with Crippen LogP contribution < -0.4 is 20.9 Å². The fraction of sp³-hybridized carbons (Fsp3) is 0.105. The molecule has 2 rings (SSSR count). The van der Waals surface area contributed by atoms with E-state index in [4.69, 9.17) is 17.0 Å². The molecule has 0 aliphatic carbocycles. The number of benzene rings is 2. The summed E-state index contributed by atoms with van der Waals surface area (Å²) in [5.41, 5.74) is 6.27. The average molecular weight is 466 g/mol. The third-order valence-electron chi connectivity index (χ3n) is 3.35. The van der Waals surface area contributed by atoms with E-state index in [1.54, 1.807) is 6.07 Å². The molecule has 0 saturated carbocycles. The second-order valence-corrected chi connectivity index (χ2v) is 6.90. The van der Waals surface area contributed by atoms with Crippen molar-refractivity contribution in [2.45, 2.75) is 6.92 Å². The van der Waals surface area contributed by atoms with Crippen LogP contribution in [0.3, 0.4) is 0 Å². The Hall–Kier alpha value is -2.78. The van der Waals surface area contributed by atoms with Crippen molar-refractivity contribution in [3.63, 3.8) is 0 Å². The number of hydrazine groups is 1. The number of nitrogens with one attached hydrogen (secondary N) is 3. The van der Waals surface area contributed by atoms with Crippen molar-refractivity contribution < 1.29 is 18.7 Å². The van der Waals surface area contributed by atoms with E-state index in [0.717, 1.165) is 10.0 Å². The Morgan fingerprint density at radius 2 is 1.89 bits per heavy atom. The predicted molar refractivity (Wildman–Crippen MR) is 112 cm³/mol. The monoisotopic (exact) mass is 465 g/mol.